The minimum Gasteiger partial charge on any atom is -0.496 e. The second kappa shape index (κ2) is 6.44. The van der Waals surface area contributed by atoms with Gasteiger partial charge in [-0.05, 0) is 23.9 Å². The molecule has 1 heterocycles. The number of nitrogens with zero attached hydrogens (tertiary/aromatic N) is 1. The molecule has 3 nitrogen and oxygen atoms in total. The molecule has 0 spiro atoms. The van der Waals surface area contributed by atoms with Crippen LogP contribution in [0.4, 0.5) is 0 Å². The molecule has 0 atom stereocenters. The van der Waals surface area contributed by atoms with Crippen molar-refractivity contribution in [3.8, 4) is 5.75 Å². The summed E-state index contributed by atoms with van der Waals surface area (Å²) < 4.78 is 5.54. The van der Waals surface area contributed by atoms with Gasteiger partial charge in [-0.1, -0.05) is 30.3 Å². The Hall–Kier alpha value is -1.29. The van der Waals surface area contributed by atoms with Gasteiger partial charge in [-0.15, -0.1) is 12.4 Å². The van der Waals surface area contributed by atoms with Crippen LogP contribution in [0.1, 0.15) is 5.56 Å². The largest absolute Gasteiger partial charge is 0.496 e. The van der Waals surface area contributed by atoms with Gasteiger partial charge in [-0.25, -0.2) is 0 Å². The highest BCUT2D eigenvalue weighted by Crippen LogP contribution is 2.29. The number of nitrogens with one attached hydrogen (secondary N) is 1. The molecule has 1 aliphatic rings. The van der Waals surface area contributed by atoms with Crippen molar-refractivity contribution in [3.63, 3.8) is 0 Å². The van der Waals surface area contributed by atoms with Crippen molar-refractivity contribution in [2.45, 2.75) is 12.6 Å². The lowest BCUT2D eigenvalue weighted by atomic mass is 10.0. The molecule has 108 valence electrons. The average molecular weight is 293 g/mol. The highest BCUT2D eigenvalue weighted by molar-refractivity contribution is 5.87. The molecule has 20 heavy (non-hydrogen) atoms. The molecule has 3 rings (SSSR count). The van der Waals surface area contributed by atoms with Crippen LogP contribution in [-0.2, 0) is 6.54 Å². The predicted molar refractivity (Wildman–Crippen MR) is 85.9 cm³/mol. The Bertz CT molecular complexity index is 584. The van der Waals surface area contributed by atoms with E-state index in [1.807, 2.05) is 0 Å². The maximum atomic E-state index is 5.54. The maximum absolute atomic E-state index is 5.54. The summed E-state index contributed by atoms with van der Waals surface area (Å²) in [6.07, 6.45) is 0. The van der Waals surface area contributed by atoms with Crippen LogP contribution >= 0.6 is 12.4 Å². The summed E-state index contributed by atoms with van der Waals surface area (Å²) >= 11 is 0. The summed E-state index contributed by atoms with van der Waals surface area (Å²) in [5.41, 5.74) is 1.29. The van der Waals surface area contributed by atoms with E-state index in [1.54, 1.807) is 7.11 Å². The number of rotatable bonds is 4. The molecule has 1 N–H and O–H groups in total. The first-order valence-corrected chi connectivity index (χ1v) is 6.75. The molecule has 0 bridgehead atoms. The fraction of sp³-hybridized carbons (Fsp3) is 0.375. The van der Waals surface area contributed by atoms with Crippen molar-refractivity contribution < 1.29 is 4.74 Å². The zero-order valence-electron chi connectivity index (χ0n) is 11.9. The first-order valence-electron chi connectivity index (χ1n) is 6.75. The fourth-order valence-electron chi connectivity index (χ4n) is 2.63. The van der Waals surface area contributed by atoms with Crippen LogP contribution in [0.2, 0.25) is 0 Å². The standard InChI is InChI=1S/C16H20N2O.ClH/c1-18(13-9-17-10-13)11-15-14-6-4-3-5-12(14)7-8-16(15)19-2;/h3-8,13,17H,9-11H2,1-2H3;1H. The van der Waals surface area contributed by atoms with Gasteiger partial charge < -0.3 is 10.1 Å². The Balaban J connectivity index is 0.00000147. The van der Waals surface area contributed by atoms with Crippen molar-refractivity contribution in [2.24, 2.45) is 0 Å². The first kappa shape index (κ1) is 15.1. The summed E-state index contributed by atoms with van der Waals surface area (Å²) in [7, 11) is 3.94. The van der Waals surface area contributed by atoms with Gasteiger partial charge in [0.15, 0.2) is 0 Å². The molecule has 1 fully saturated rings. The first-order chi connectivity index (χ1) is 9.29. The highest BCUT2D eigenvalue weighted by Gasteiger charge is 2.22. The van der Waals surface area contributed by atoms with Gasteiger partial charge in [0.05, 0.1) is 7.11 Å². The molecule has 1 aliphatic heterocycles. The van der Waals surface area contributed by atoms with Gasteiger partial charge in [-0.2, -0.15) is 0 Å². The number of fused-ring (bicyclic) bond motifs is 1. The molecule has 2 aromatic carbocycles. The number of hydrogen-bond acceptors (Lipinski definition) is 3. The van der Waals surface area contributed by atoms with E-state index in [-0.39, 0.29) is 12.4 Å². The summed E-state index contributed by atoms with van der Waals surface area (Å²) in [5.74, 6) is 0.984. The van der Waals surface area contributed by atoms with E-state index in [9.17, 15) is 0 Å². The SMILES string of the molecule is COc1ccc2ccccc2c1CN(C)C1CNC1.Cl. The summed E-state index contributed by atoms with van der Waals surface area (Å²) in [6, 6.07) is 13.4. The van der Waals surface area contributed by atoms with Crippen LogP contribution in [0.25, 0.3) is 10.8 Å². The third-order valence-corrected chi connectivity index (χ3v) is 4.01. The van der Waals surface area contributed by atoms with Gasteiger partial charge >= 0.3 is 0 Å². The van der Waals surface area contributed by atoms with Crippen LogP contribution in [0.3, 0.4) is 0 Å². The van der Waals surface area contributed by atoms with Gasteiger partial charge in [0, 0.05) is 31.2 Å². The summed E-state index contributed by atoms with van der Waals surface area (Å²) in [5, 5.41) is 5.89. The number of likely N-dealkylation sites (N-methyl/N-ethyl adjacent to an activating group) is 1. The number of hydrogen-bond donors (Lipinski definition) is 1. The molecule has 0 saturated carbocycles. The fourth-order valence-corrected chi connectivity index (χ4v) is 2.63. The Kier molecular flexibility index (Phi) is 4.86. The van der Waals surface area contributed by atoms with E-state index in [2.05, 4.69) is 53.7 Å². The number of methoxy groups -OCH3 is 1. The Morgan fingerprint density at radius 2 is 1.95 bits per heavy atom. The smallest absolute Gasteiger partial charge is 0.123 e. The van der Waals surface area contributed by atoms with Crippen LogP contribution in [0, 0.1) is 0 Å². The zero-order valence-corrected chi connectivity index (χ0v) is 12.7. The van der Waals surface area contributed by atoms with E-state index in [0.29, 0.717) is 6.04 Å². The third kappa shape index (κ3) is 2.75. The Labute approximate surface area is 126 Å². The molecular weight excluding hydrogens is 272 g/mol. The van der Waals surface area contributed by atoms with Gasteiger partial charge in [0.1, 0.15) is 5.75 Å². The lowest BCUT2D eigenvalue weighted by Gasteiger charge is -2.36. The molecule has 4 heteroatoms. The van der Waals surface area contributed by atoms with E-state index < -0.39 is 0 Å². The second-order valence-corrected chi connectivity index (χ2v) is 5.19. The van der Waals surface area contributed by atoms with Crippen LogP contribution in [0.15, 0.2) is 36.4 Å². The van der Waals surface area contributed by atoms with Gasteiger partial charge in [0.2, 0.25) is 0 Å². The molecule has 1 saturated heterocycles. The number of ether oxygens (including phenoxy) is 1. The lowest BCUT2D eigenvalue weighted by molar-refractivity contribution is 0.172. The highest BCUT2D eigenvalue weighted by atomic mass is 35.5. The summed E-state index contributed by atoms with van der Waals surface area (Å²) in [6.45, 7) is 3.10. The summed E-state index contributed by atoms with van der Waals surface area (Å²) in [4.78, 5) is 2.40. The molecule has 0 aromatic heterocycles. The predicted octanol–water partition coefficient (Wildman–Crippen LogP) is 2.67. The molecule has 0 amide bonds. The Morgan fingerprint density at radius 3 is 2.60 bits per heavy atom. The molecular formula is C16H21ClN2O. The average Bonchev–Trinajstić information content (AvgIpc) is 2.37. The minimum absolute atomic E-state index is 0. The topological polar surface area (TPSA) is 24.5 Å². The third-order valence-electron chi connectivity index (χ3n) is 4.01. The number of halogens is 1. The van der Waals surface area contributed by atoms with E-state index >= 15 is 0 Å². The molecule has 0 aliphatic carbocycles. The van der Waals surface area contributed by atoms with E-state index in [4.69, 9.17) is 4.74 Å². The van der Waals surface area contributed by atoms with Crippen LogP contribution < -0.4 is 10.1 Å². The van der Waals surface area contributed by atoms with Crippen molar-refractivity contribution in [1.29, 1.82) is 0 Å². The van der Waals surface area contributed by atoms with Gasteiger partial charge in [0.25, 0.3) is 0 Å². The van der Waals surface area contributed by atoms with E-state index in [0.717, 1.165) is 25.4 Å². The molecule has 2 aromatic rings. The molecule has 0 unspecified atom stereocenters. The van der Waals surface area contributed by atoms with Crippen LogP contribution in [-0.4, -0.2) is 38.2 Å². The monoisotopic (exact) mass is 292 g/mol. The van der Waals surface area contributed by atoms with E-state index in [1.165, 1.54) is 16.3 Å². The quantitative estimate of drug-likeness (QED) is 0.938. The maximum Gasteiger partial charge on any atom is 0.123 e. The zero-order chi connectivity index (χ0) is 13.2. The Morgan fingerprint density at radius 1 is 1.20 bits per heavy atom. The normalized spacial score (nSPS) is 14.9. The van der Waals surface area contributed by atoms with Gasteiger partial charge in [-0.3, -0.25) is 4.90 Å². The van der Waals surface area contributed by atoms with Crippen molar-refractivity contribution in [3.05, 3.63) is 42.0 Å². The van der Waals surface area contributed by atoms with Crippen molar-refractivity contribution in [2.75, 3.05) is 27.2 Å². The minimum atomic E-state index is 0. The van der Waals surface area contributed by atoms with Crippen molar-refractivity contribution >= 4 is 23.2 Å². The van der Waals surface area contributed by atoms with Crippen LogP contribution in [0.5, 0.6) is 5.75 Å². The lowest BCUT2D eigenvalue weighted by Crippen LogP contribution is -2.55. The molecule has 0 radical (unpaired) electrons. The number of benzene rings is 2. The second-order valence-electron chi connectivity index (χ2n) is 5.19. The van der Waals surface area contributed by atoms with Crippen molar-refractivity contribution in [1.82, 2.24) is 10.2 Å².